The molecule has 0 radical (unpaired) electrons. The van der Waals surface area contributed by atoms with Crippen LogP contribution < -0.4 is 5.32 Å². The van der Waals surface area contributed by atoms with E-state index in [0.29, 0.717) is 24.0 Å². The van der Waals surface area contributed by atoms with E-state index >= 15 is 0 Å². The zero-order valence-electron chi connectivity index (χ0n) is 14.9. The van der Waals surface area contributed by atoms with Crippen LogP contribution in [0.2, 0.25) is 0 Å². The van der Waals surface area contributed by atoms with E-state index in [1.54, 1.807) is 30.3 Å². The van der Waals surface area contributed by atoms with Crippen molar-refractivity contribution in [2.45, 2.75) is 39.5 Å². The minimum Gasteiger partial charge on any atom is -0.457 e. The van der Waals surface area contributed by atoms with Crippen molar-refractivity contribution in [2.24, 2.45) is 5.92 Å². The summed E-state index contributed by atoms with van der Waals surface area (Å²) in [6, 6.07) is 9.70. The number of hydrogen-bond donors (Lipinski definition) is 1. The van der Waals surface area contributed by atoms with Crippen molar-refractivity contribution in [1.82, 2.24) is 5.32 Å². The fourth-order valence-corrected chi connectivity index (χ4v) is 2.55. The first kappa shape index (κ1) is 19.0. The number of nitrogens with one attached hydrogen (secondary N) is 1. The van der Waals surface area contributed by atoms with Crippen LogP contribution in [0, 0.1) is 11.7 Å². The number of carbonyl (C=O) groups is 1. The van der Waals surface area contributed by atoms with Gasteiger partial charge in [0.05, 0.1) is 0 Å². The quantitative estimate of drug-likeness (QED) is 0.487. The Labute approximate surface area is 148 Å². The maximum Gasteiger partial charge on any atom is 0.244 e. The molecule has 1 aromatic carbocycles. The van der Waals surface area contributed by atoms with Gasteiger partial charge < -0.3 is 9.73 Å². The third-order valence-corrected chi connectivity index (χ3v) is 4.08. The van der Waals surface area contributed by atoms with E-state index in [0.717, 1.165) is 12.0 Å². The molecule has 3 nitrogen and oxygen atoms in total. The van der Waals surface area contributed by atoms with Crippen molar-refractivity contribution in [1.29, 1.82) is 0 Å². The highest BCUT2D eigenvalue weighted by atomic mass is 19.1. The van der Waals surface area contributed by atoms with Gasteiger partial charge in [-0.2, -0.15) is 0 Å². The summed E-state index contributed by atoms with van der Waals surface area (Å²) < 4.78 is 18.6. The Morgan fingerprint density at radius 3 is 2.68 bits per heavy atom. The molecular weight excluding hydrogens is 317 g/mol. The fourth-order valence-electron chi connectivity index (χ4n) is 2.55. The molecule has 0 saturated carbocycles. The molecule has 0 saturated heterocycles. The minimum absolute atomic E-state index is 0.123. The Balaban J connectivity index is 1.81. The van der Waals surface area contributed by atoms with E-state index in [4.69, 9.17) is 4.42 Å². The molecule has 134 valence electrons. The lowest BCUT2D eigenvalue weighted by atomic mass is 10.0. The van der Waals surface area contributed by atoms with E-state index in [2.05, 4.69) is 19.2 Å². The number of carbonyl (C=O) groups excluding carboxylic acids is 1. The number of amides is 1. The predicted octanol–water partition coefficient (Wildman–Crippen LogP) is 5.43. The van der Waals surface area contributed by atoms with Crippen LogP contribution >= 0.6 is 0 Å². The molecule has 0 spiro atoms. The number of halogens is 1. The van der Waals surface area contributed by atoms with Crippen LogP contribution in [-0.2, 0) is 4.79 Å². The van der Waals surface area contributed by atoms with Crippen LogP contribution in [0.15, 0.2) is 46.9 Å². The average molecular weight is 343 g/mol. The van der Waals surface area contributed by atoms with Crippen LogP contribution in [0.3, 0.4) is 0 Å². The van der Waals surface area contributed by atoms with Gasteiger partial charge in [0, 0.05) is 18.2 Å². The Morgan fingerprint density at radius 2 is 1.96 bits per heavy atom. The van der Waals surface area contributed by atoms with Crippen LogP contribution in [-0.4, -0.2) is 12.5 Å². The first-order chi connectivity index (χ1) is 12.1. The second-order valence-electron chi connectivity index (χ2n) is 6.39. The SMILES string of the molecule is CCCCC[C@H](C)CNC(=O)/C=C\c1ccc(-c2ccc(F)cc2)o1. The molecule has 0 fully saturated rings. The summed E-state index contributed by atoms with van der Waals surface area (Å²) in [7, 11) is 0. The molecule has 2 aromatic rings. The molecule has 4 heteroatoms. The lowest BCUT2D eigenvalue weighted by molar-refractivity contribution is -0.116. The summed E-state index contributed by atoms with van der Waals surface area (Å²) in [5.74, 6) is 1.31. The number of unbranched alkanes of at least 4 members (excludes halogenated alkanes) is 2. The third kappa shape index (κ3) is 6.57. The van der Waals surface area contributed by atoms with Gasteiger partial charge in [0.25, 0.3) is 0 Å². The molecule has 1 N–H and O–H groups in total. The molecule has 2 rings (SSSR count). The summed E-state index contributed by atoms with van der Waals surface area (Å²) in [5, 5.41) is 2.92. The molecular formula is C21H26FNO2. The van der Waals surface area contributed by atoms with E-state index < -0.39 is 0 Å². The lowest BCUT2D eigenvalue weighted by Crippen LogP contribution is -2.26. The molecule has 1 atom stereocenters. The van der Waals surface area contributed by atoms with Crippen LogP contribution in [0.5, 0.6) is 0 Å². The zero-order chi connectivity index (χ0) is 18.1. The lowest BCUT2D eigenvalue weighted by Gasteiger charge is -2.10. The molecule has 1 amide bonds. The molecule has 1 heterocycles. The third-order valence-electron chi connectivity index (χ3n) is 4.08. The Morgan fingerprint density at radius 1 is 1.20 bits per heavy atom. The maximum absolute atomic E-state index is 12.9. The van der Waals surface area contributed by atoms with Gasteiger partial charge in [-0.15, -0.1) is 0 Å². The van der Waals surface area contributed by atoms with Gasteiger partial charge in [-0.05, 0) is 54.8 Å². The van der Waals surface area contributed by atoms with Gasteiger partial charge in [-0.1, -0.05) is 33.1 Å². The Bertz CT molecular complexity index is 688. The number of benzene rings is 1. The topological polar surface area (TPSA) is 42.2 Å². The maximum atomic E-state index is 12.9. The van der Waals surface area contributed by atoms with Gasteiger partial charge in [0.2, 0.25) is 5.91 Å². The van der Waals surface area contributed by atoms with Crippen molar-refractivity contribution < 1.29 is 13.6 Å². The highest BCUT2D eigenvalue weighted by molar-refractivity contribution is 5.91. The average Bonchev–Trinajstić information content (AvgIpc) is 3.08. The van der Waals surface area contributed by atoms with Crippen LogP contribution in [0.1, 0.15) is 45.3 Å². The van der Waals surface area contributed by atoms with Crippen LogP contribution in [0.4, 0.5) is 4.39 Å². The van der Waals surface area contributed by atoms with Gasteiger partial charge in [-0.3, -0.25) is 4.79 Å². The molecule has 1 aromatic heterocycles. The highest BCUT2D eigenvalue weighted by Crippen LogP contribution is 2.23. The van der Waals surface area contributed by atoms with E-state index in [1.807, 2.05) is 0 Å². The van der Waals surface area contributed by atoms with Crippen molar-refractivity contribution >= 4 is 12.0 Å². The highest BCUT2D eigenvalue weighted by Gasteiger charge is 2.05. The van der Waals surface area contributed by atoms with E-state index in [9.17, 15) is 9.18 Å². The number of furan rings is 1. The monoisotopic (exact) mass is 343 g/mol. The molecule has 0 unspecified atom stereocenters. The largest absolute Gasteiger partial charge is 0.457 e. The fraction of sp³-hybridized carbons (Fsp3) is 0.381. The smallest absolute Gasteiger partial charge is 0.244 e. The van der Waals surface area contributed by atoms with Crippen molar-refractivity contribution in [3.63, 3.8) is 0 Å². The molecule has 0 aliphatic carbocycles. The summed E-state index contributed by atoms with van der Waals surface area (Å²) >= 11 is 0. The minimum atomic E-state index is -0.281. The molecule has 0 bridgehead atoms. The molecule has 0 aliphatic heterocycles. The predicted molar refractivity (Wildman–Crippen MR) is 99.5 cm³/mol. The summed E-state index contributed by atoms with van der Waals surface area (Å²) in [4.78, 5) is 11.9. The second kappa shape index (κ2) is 9.82. The standard InChI is InChI=1S/C21H26FNO2/c1-3-4-5-6-16(2)15-23-21(24)14-12-19-11-13-20(25-19)17-7-9-18(22)10-8-17/h7-14,16H,3-6,15H2,1-2H3,(H,23,24)/b14-12-/t16-/m0/s1. The van der Waals surface area contributed by atoms with Crippen LogP contribution in [0.25, 0.3) is 17.4 Å². The normalized spacial score (nSPS) is 12.4. The first-order valence-corrected chi connectivity index (χ1v) is 8.90. The first-order valence-electron chi connectivity index (χ1n) is 8.90. The van der Waals surface area contributed by atoms with Crippen molar-refractivity contribution in [3.8, 4) is 11.3 Å². The zero-order valence-corrected chi connectivity index (χ0v) is 14.9. The summed E-state index contributed by atoms with van der Waals surface area (Å²) in [6.07, 6.45) is 7.92. The van der Waals surface area contributed by atoms with Crippen molar-refractivity contribution in [3.05, 3.63) is 54.1 Å². The van der Waals surface area contributed by atoms with Gasteiger partial charge in [0.15, 0.2) is 0 Å². The molecule has 25 heavy (non-hydrogen) atoms. The molecule has 0 aliphatic rings. The second-order valence-corrected chi connectivity index (χ2v) is 6.39. The van der Waals surface area contributed by atoms with Gasteiger partial charge >= 0.3 is 0 Å². The van der Waals surface area contributed by atoms with Crippen molar-refractivity contribution in [2.75, 3.05) is 6.54 Å². The van der Waals surface area contributed by atoms with Gasteiger partial charge in [0.1, 0.15) is 17.3 Å². The summed E-state index contributed by atoms with van der Waals surface area (Å²) in [5.41, 5.74) is 0.798. The Hall–Kier alpha value is -2.36. The van der Waals surface area contributed by atoms with Gasteiger partial charge in [-0.25, -0.2) is 4.39 Å². The number of rotatable bonds is 9. The van der Waals surface area contributed by atoms with E-state index in [-0.39, 0.29) is 11.7 Å². The van der Waals surface area contributed by atoms with E-state index in [1.165, 1.54) is 37.5 Å². The summed E-state index contributed by atoms with van der Waals surface area (Å²) in [6.45, 7) is 5.03. The number of hydrogen-bond acceptors (Lipinski definition) is 2. The Kier molecular flexibility index (Phi) is 7.45.